The van der Waals surface area contributed by atoms with Crippen LogP contribution in [0.5, 0.6) is 11.5 Å². The molecule has 0 radical (unpaired) electrons. The number of anilines is 1. The predicted octanol–water partition coefficient (Wildman–Crippen LogP) is 3.30. The number of halogens is 1. The SMILES string of the molecule is CNC(=O)c1cc(Oc2ccc(NC(=O)c3cn(S(C)(=O)=O)nc3-c3ccc(F)cc3)cc2)ccn1. The molecule has 2 amide bonds. The zero-order chi connectivity index (χ0) is 25.9. The lowest BCUT2D eigenvalue weighted by Crippen LogP contribution is -2.18. The van der Waals surface area contributed by atoms with Crippen LogP contribution in [0.25, 0.3) is 11.3 Å². The second-order valence-corrected chi connectivity index (χ2v) is 9.41. The lowest BCUT2D eigenvalue weighted by Gasteiger charge is -2.09. The van der Waals surface area contributed by atoms with Crippen molar-refractivity contribution in [3.63, 3.8) is 0 Å². The van der Waals surface area contributed by atoms with Crippen molar-refractivity contribution >= 4 is 27.5 Å². The average Bonchev–Trinajstić information content (AvgIpc) is 3.32. The van der Waals surface area contributed by atoms with Crippen molar-refractivity contribution in [2.45, 2.75) is 0 Å². The molecule has 2 aromatic carbocycles. The summed E-state index contributed by atoms with van der Waals surface area (Å²) in [6.07, 6.45) is 3.51. The van der Waals surface area contributed by atoms with E-state index in [1.807, 2.05) is 0 Å². The Labute approximate surface area is 205 Å². The van der Waals surface area contributed by atoms with Crippen molar-refractivity contribution in [1.82, 2.24) is 19.5 Å². The van der Waals surface area contributed by atoms with Gasteiger partial charge in [-0.3, -0.25) is 14.6 Å². The molecule has 0 atom stereocenters. The Bertz CT molecular complexity index is 1530. The first-order chi connectivity index (χ1) is 17.1. The highest BCUT2D eigenvalue weighted by Crippen LogP contribution is 2.26. The van der Waals surface area contributed by atoms with Gasteiger partial charge in [0.15, 0.2) is 0 Å². The molecule has 12 heteroatoms. The summed E-state index contributed by atoms with van der Waals surface area (Å²) in [7, 11) is -2.27. The van der Waals surface area contributed by atoms with Crippen LogP contribution in [0.2, 0.25) is 0 Å². The number of carbonyl (C=O) groups is 2. The number of nitrogens with zero attached hydrogens (tertiary/aromatic N) is 3. The number of rotatable bonds is 7. The van der Waals surface area contributed by atoms with E-state index in [9.17, 15) is 22.4 Å². The quantitative estimate of drug-likeness (QED) is 0.391. The molecule has 10 nitrogen and oxygen atoms in total. The molecule has 0 aliphatic carbocycles. The maximum atomic E-state index is 13.4. The molecule has 184 valence electrons. The fourth-order valence-electron chi connectivity index (χ4n) is 3.18. The molecule has 0 aliphatic heterocycles. The molecule has 0 aliphatic rings. The molecule has 2 aromatic heterocycles. The summed E-state index contributed by atoms with van der Waals surface area (Å²) < 4.78 is 43.8. The third kappa shape index (κ3) is 5.55. The number of pyridine rings is 1. The van der Waals surface area contributed by atoms with Crippen LogP contribution in [0.15, 0.2) is 73.1 Å². The Kier molecular flexibility index (Phi) is 6.79. The molecule has 0 saturated heterocycles. The van der Waals surface area contributed by atoms with Crippen molar-refractivity contribution in [2.24, 2.45) is 0 Å². The van der Waals surface area contributed by atoms with Gasteiger partial charge in [0.2, 0.25) is 0 Å². The van der Waals surface area contributed by atoms with Gasteiger partial charge in [0.25, 0.3) is 21.8 Å². The highest BCUT2D eigenvalue weighted by molar-refractivity contribution is 7.89. The lowest BCUT2D eigenvalue weighted by atomic mass is 10.1. The summed E-state index contributed by atoms with van der Waals surface area (Å²) >= 11 is 0. The zero-order valence-electron chi connectivity index (χ0n) is 19.1. The number of amides is 2. The van der Waals surface area contributed by atoms with Crippen LogP contribution < -0.4 is 15.4 Å². The first kappa shape index (κ1) is 24.5. The van der Waals surface area contributed by atoms with E-state index >= 15 is 0 Å². The summed E-state index contributed by atoms with van der Waals surface area (Å²) in [6.45, 7) is 0. The van der Waals surface area contributed by atoms with Crippen LogP contribution >= 0.6 is 0 Å². The van der Waals surface area contributed by atoms with Crippen LogP contribution in [0, 0.1) is 5.82 Å². The molecule has 0 bridgehead atoms. The summed E-state index contributed by atoms with van der Waals surface area (Å²) in [5, 5.41) is 9.19. The molecule has 2 N–H and O–H groups in total. The Morgan fingerprint density at radius 1 is 0.972 bits per heavy atom. The Morgan fingerprint density at radius 2 is 1.67 bits per heavy atom. The standard InChI is InChI=1S/C24H20FN5O5S/c1-26-24(32)21-13-19(11-12-27-21)35-18-9-7-17(8-10-18)28-23(31)20-14-30(36(2,33)34)29-22(20)15-3-5-16(25)6-4-15/h3-14H,1-2H3,(H,26,32)(H,28,31). The molecule has 0 saturated carbocycles. The molecule has 0 fully saturated rings. The molecule has 4 rings (SSSR count). The fourth-order valence-corrected chi connectivity index (χ4v) is 3.70. The number of hydrogen-bond acceptors (Lipinski definition) is 7. The molecular weight excluding hydrogens is 489 g/mol. The lowest BCUT2D eigenvalue weighted by molar-refractivity contribution is 0.0957. The van der Waals surface area contributed by atoms with Gasteiger partial charge < -0.3 is 15.4 Å². The molecule has 2 heterocycles. The topological polar surface area (TPSA) is 132 Å². The van der Waals surface area contributed by atoms with Gasteiger partial charge in [-0.05, 0) is 54.6 Å². The van der Waals surface area contributed by atoms with Gasteiger partial charge in [-0.25, -0.2) is 12.8 Å². The Morgan fingerprint density at radius 3 is 2.31 bits per heavy atom. The van der Waals surface area contributed by atoms with Crippen LogP contribution in [-0.2, 0) is 10.0 Å². The fraction of sp³-hybridized carbons (Fsp3) is 0.0833. The highest BCUT2D eigenvalue weighted by Gasteiger charge is 2.21. The summed E-state index contributed by atoms with van der Waals surface area (Å²) in [5.41, 5.74) is 1.06. The van der Waals surface area contributed by atoms with Crippen molar-refractivity contribution in [2.75, 3.05) is 18.6 Å². The Hall–Kier alpha value is -4.58. The largest absolute Gasteiger partial charge is 0.457 e. The second-order valence-electron chi connectivity index (χ2n) is 7.57. The van der Waals surface area contributed by atoms with E-state index in [1.165, 1.54) is 43.6 Å². The number of carbonyl (C=O) groups excluding carboxylic acids is 2. The van der Waals surface area contributed by atoms with E-state index in [4.69, 9.17) is 4.74 Å². The van der Waals surface area contributed by atoms with Crippen LogP contribution in [0.4, 0.5) is 10.1 Å². The molecule has 0 unspecified atom stereocenters. The maximum absolute atomic E-state index is 13.4. The van der Waals surface area contributed by atoms with Gasteiger partial charge in [-0.1, -0.05) is 0 Å². The van der Waals surface area contributed by atoms with Gasteiger partial charge in [-0.2, -0.15) is 9.19 Å². The minimum atomic E-state index is -3.77. The molecular formula is C24H20FN5O5S. The molecule has 0 spiro atoms. The van der Waals surface area contributed by atoms with Gasteiger partial charge in [-0.15, -0.1) is 0 Å². The van der Waals surface area contributed by atoms with Crippen LogP contribution in [0.3, 0.4) is 0 Å². The summed E-state index contributed by atoms with van der Waals surface area (Å²) in [6, 6.07) is 14.7. The van der Waals surface area contributed by atoms with Crippen molar-refractivity contribution in [3.05, 3.63) is 90.1 Å². The van der Waals surface area contributed by atoms with Crippen LogP contribution in [-0.4, -0.2) is 47.7 Å². The monoisotopic (exact) mass is 509 g/mol. The highest BCUT2D eigenvalue weighted by atomic mass is 32.2. The number of hydrogen-bond donors (Lipinski definition) is 2. The van der Waals surface area contributed by atoms with Crippen molar-refractivity contribution < 1.29 is 27.1 Å². The van der Waals surface area contributed by atoms with Gasteiger partial charge >= 0.3 is 0 Å². The normalized spacial score (nSPS) is 11.1. The number of ether oxygens (including phenoxy) is 1. The van der Waals surface area contributed by atoms with Gasteiger partial charge in [0.1, 0.15) is 28.7 Å². The maximum Gasteiger partial charge on any atom is 0.269 e. The summed E-state index contributed by atoms with van der Waals surface area (Å²) in [5.74, 6) is -0.595. The Balaban J connectivity index is 1.54. The van der Waals surface area contributed by atoms with E-state index in [0.717, 1.165) is 12.5 Å². The summed E-state index contributed by atoms with van der Waals surface area (Å²) in [4.78, 5) is 28.7. The third-order valence-electron chi connectivity index (χ3n) is 4.93. The molecule has 4 aromatic rings. The third-order valence-corrected chi connectivity index (χ3v) is 5.80. The first-order valence-corrected chi connectivity index (χ1v) is 12.3. The van der Waals surface area contributed by atoms with Gasteiger partial charge in [0, 0.05) is 30.6 Å². The van der Waals surface area contributed by atoms with E-state index in [2.05, 4.69) is 20.7 Å². The minimum absolute atomic E-state index is 0.00845. The zero-order valence-corrected chi connectivity index (χ0v) is 19.9. The second kappa shape index (κ2) is 9.96. The van der Waals surface area contributed by atoms with Gasteiger partial charge in [0.05, 0.1) is 18.0 Å². The van der Waals surface area contributed by atoms with Crippen molar-refractivity contribution in [3.8, 4) is 22.8 Å². The van der Waals surface area contributed by atoms with E-state index < -0.39 is 21.7 Å². The van der Waals surface area contributed by atoms with Crippen LogP contribution in [0.1, 0.15) is 20.8 Å². The number of benzene rings is 2. The van der Waals surface area contributed by atoms with E-state index in [1.54, 1.807) is 30.3 Å². The smallest absolute Gasteiger partial charge is 0.269 e. The number of aromatic nitrogens is 3. The average molecular weight is 510 g/mol. The van der Waals surface area contributed by atoms with E-state index in [0.29, 0.717) is 26.8 Å². The van der Waals surface area contributed by atoms with Crippen molar-refractivity contribution in [1.29, 1.82) is 0 Å². The molecule has 36 heavy (non-hydrogen) atoms. The number of nitrogens with one attached hydrogen (secondary N) is 2. The predicted molar refractivity (Wildman–Crippen MR) is 130 cm³/mol. The first-order valence-electron chi connectivity index (χ1n) is 10.5. The minimum Gasteiger partial charge on any atom is -0.457 e. The van der Waals surface area contributed by atoms with E-state index in [-0.39, 0.29) is 22.9 Å².